The summed E-state index contributed by atoms with van der Waals surface area (Å²) in [4.78, 5) is 28.8. The molecule has 0 radical (unpaired) electrons. The van der Waals surface area contributed by atoms with E-state index in [1.54, 1.807) is 48.5 Å². The number of hydrogen-bond donors (Lipinski definition) is 1. The van der Waals surface area contributed by atoms with E-state index in [2.05, 4.69) is 10.3 Å². The Morgan fingerprint density at radius 2 is 1.85 bits per heavy atom. The standard InChI is InChI=1S/C18H12Cl2N2O3S/c1-25-17(24)10-5-2-3-8-14(10)21-18-22-16(23)15(26-18)9-11-12(19)6-4-7-13(11)20/h2-9H,1H3,(H,21,22,23)/b15-9-. The highest BCUT2D eigenvalue weighted by molar-refractivity contribution is 8.18. The fraction of sp³-hybridized carbons (Fsp3) is 0.0556. The summed E-state index contributed by atoms with van der Waals surface area (Å²) >= 11 is 13.4. The van der Waals surface area contributed by atoms with Crippen LogP contribution in [0.4, 0.5) is 5.69 Å². The first-order valence-electron chi connectivity index (χ1n) is 7.40. The molecule has 132 valence electrons. The van der Waals surface area contributed by atoms with Crippen LogP contribution in [0.3, 0.4) is 0 Å². The molecule has 0 bridgehead atoms. The third-order valence-corrected chi connectivity index (χ3v) is 5.03. The number of carbonyl (C=O) groups excluding carboxylic acids is 2. The summed E-state index contributed by atoms with van der Waals surface area (Å²) in [7, 11) is 1.30. The number of nitrogens with zero attached hydrogens (tertiary/aromatic N) is 1. The normalized spacial score (nSPS) is 16.8. The molecule has 0 atom stereocenters. The molecule has 0 aliphatic carbocycles. The van der Waals surface area contributed by atoms with Crippen molar-refractivity contribution in [3.63, 3.8) is 0 Å². The van der Waals surface area contributed by atoms with Crippen molar-refractivity contribution < 1.29 is 14.3 Å². The van der Waals surface area contributed by atoms with Gasteiger partial charge in [0.2, 0.25) is 0 Å². The predicted molar refractivity (Wildman–Crippen MR) is 105 cm³/mol. The number of halogens is 2. The summed E-state index contributed by atoms with van der Waals surface area (Å²) in [5, 5.41) is 3.90. The van der Waals surface area contributed by atoms with Gasteiger partial charge in [0.05, 0.1) is 23.3 Å². The van der Waals surface area contributed by atoms with Crippen LogP contribution in [0, 0.1) is 0 Å². The Hall–Kier alpha value is -2.28. The van der Waals surface area contributed by atoms with Crippen molar-refractivity contribution in [3.8, 4) is 0 Å². The van der Waals surface area contributed by atoms with Crippen molar-refractivity contribution in [2.24, 2.45) is 4.99 Å². The molecule has 1 amide bonds. The molecule has 2 aromatic carbocycles. The molecular formula is C18H12Cl2N2O3S. The molecule has 0 aromatic heterocycles. The number of benzene rings is 2. The van der Waals surface area contributed by atoms with Crippen LogP contribution in [0.1, 0.15) is 15.9 Å². The number of methoxy groups -OCH3 is 1. The van der Waals surface area contributed by atoms with E-state index in [1.165, 1.54) is 7.11 Å². The number of amidine groups is 1. The molecule has 1 aliphatic heterocycles. The first kappa shape index (κ1) is 18.5. The SMILES string of the molecule is COC(=O)c1ccccc1N=C1NC(=O)/C(=C/c2c(Cl)cccc2Cl)S1. The van der Waals surface area contributed by atoms with E-state index in [1.807, 2.05) is 0 Å². The lowest BCUT2D eigenvalue weighted by Crippen LogP contribution is -2.19. The maximum absolute atomic E-state index is 12.2. The third kappa shape index (κ3) is 3.93. The Morgan fingerprint density at radius 3 is 2.54 bits per heavy atom. The van der Waals surface area contributed by atoms with Crippen LogP contribution < -0.4 is 5.32 Å². The zero-order chi connectivity index (χ0) is 18.7. The maximum atomic E-state index is 12.2. The van der Waals surface area contributed by atoms with Gasteiger partial charge in [-0.3, -0.25) is 4.79 Å². The summed E-state index contributed by atoms with van der Waals surface area (Å²) in [5.41, 5.74) is 1.27. The molecular weight excluding hydrogens is 395 g/mol. The average molecular weight is 407 g/mol. The number of carbonyl (C=O) groups is 2. The number of esters is 1. The first-order chi connectivity index (χ1) is 12.5. The van der Waals surface area contributed by atoms with E-state index in [0.29, 0.717) is 36.9 Å². The Morgan fingerprint density at radius 1 is 1.15 bits per heavy atom. The van der Waals surface area contributed by atoms with Crippen LogP contribution in [0.15, 0.2) is 52.4 Å². The van der Waals surface area contributed by atoms with Crippen molar-refractivity contribution in [2.75, 3.05) is 7.11 Å². The van der Waals surface area contributed by atoms with Crippen LogP contribution in [0.2, 0.25) is 10.0 Å². The Labute approximate surface area is 164 Å². The molecule has 1 N–H and O–H groups in total. The van der Waals surface area contributed by atoms with Crippen molar-refractivity contribution in [3.05, 3.63) is 68.5 Å². The highest BCUT2D eigenvalue weighted by Gasteiger charge is 2.25. The Bertz CT molecular complexity index is 937. The summed E-state index contributed by atoms with van der Waals surface area (Å²) in [6.07, 6.45) is 1.61. The second kappa shape index (κ2) is 7.95. The van der Waals surface area contributed by atoms with Gasteiger partial charge in [-0.25, -0.2) is 9.79 Å². The molecule has 1 saturated heterocycles. The zero-order valence-electron chi connectivity index (χ0n) is 13.5. The minimum absolute atomic E-state index is 0.309. The van der Waals surface area contributed by atoms with Gasteiger partial charge in [-0.2, -0.15) is 0 Å². The van der Waals surface area contributed by atoms with Crippen molar-refractivity contribution >= 4 is 63.8 Å². The zero-order valence-corrected chi connectivity index (χ0v) is 15.8. The van der Waals surface area contributed by atoms with E-state index in [4.69, 9.17) is 27.9 Å². The lowest BCUT2D eigenvalue weighted by Gasteiger charge is -2.03. The number of para-hydroxylation sites is 1. The lowest BCUT2D eigenvalue weighted by atomic mass is 10.2. The summed E-state index contributed by atoms with van der Waals surface area (Å²) < 4.78 is 4.75. The fourth-order valence-corrected chi connectivity index (χ4v) is 3.55. The number of rotatable bonds is 3. The van der Waals surface area contributed by atoms with Crippen molar-refractivity contribution in [1.29, 1.82) is 0 Å². The van der Waals surface area contributed by atoms with Crippen molar-refractivity contribution in [2.45, 2.75) is 0 Å². The van der Waals surface area contributed by atoms with Crippen LogP contribution >= 0.6 is 35.0 Å². The molecule has 26 heavy (non-hydrogen) atoms. The second-order valence-corrected chi connectivity index (χ2v) is 6.97. The fourth-order valence-electron chi connectivity index (χ4n) is 2.22. The van der Waals surface area contributed by atoms with Gasteiger partial charge in [0.25, 0.3) is 5.91 Å². The molecule has 0 unspecified atom stereocenters. The van der Waals surface area contributed by atoms with Gasteiger partial charge in [-0.05, 0) is 42.1 Å². The Balaban J connectivity index is 1.93. The molecule has 3 rings (SSSR count). The average Bonchev–Trinajstić information content (AvgIpc) is 2.97. The summed E-state index contributed by atoms with van der Waals surface area (Å²) in [6.45, 7) is 0. The van der Waals surface area contributed by atoms with E-state index < -0.39 is 5.97 Å². The Kier molecular flexibility index (Phi) is 5.66. The number of amides is 1. The number of thioether (sulfide) groups is 1. The van der Waals surface area contributed by atoms with Gasteiger partial charge in [-0.15, -0.1) is 0 Å². The van der Waals surface area contributed by atoms with Crippen LogP contribution in [-0.2, 0) is 9.53 Å². The van der Waals surface area contributed by atoms with Crippen LogP contribution in [-0.4, -0.2) is 24.2 Å². The largest absolute Gasteiger partial charge is 0.465 e. The van der Waals surface area contributed by atoms with Gasteiger partial charge in [0, 0.05) is 15.6 Å². The van der Waals surface area contributed by atoms with Gasteiger partial charge < -0.3 is 10.1 Å². The maximum Gasteiger partial charge on any atom is 0.340 e. The monoisotopic (exact) mass is 406 g/mol. The molecule has 5 nitrogen and oxygen atoms in total. The van der Waals surface area contributed by atoms with Gasteiger partial charge in [0.1, 0.15) is 0 Å². The summed E-state index contributed by atoms with van der Waals surface area (Å²) in [5.74, 6) is -0.821. The molecule has 8 heteroatoms. The van der Waals surface area contributed by atoms with Gasteiger partial charge in [0.15, 0.2) is 5.17 Å². The number of hydrogen-bond acceptors (Lipinski definition) is 5. The lowest BCUT2D eigenvalue weighted by molar-refractivity contribution is -0.115. The predicted octanol–water partition coefficient (Wildman–Crippen LogP) is 4.67. The van der Waals surface area contributed by atoms with Crippen LogP contribution in [0.5, 0.6) is 0 Å². The number of aliphatic imine (C=N–C) groups is 1. The first-order valence-corrected chi connectivity index (χ1v) is 8.98. The molecule has 2 aromatic rings. The highest BCUT2D eigenvalue weighted by atomic mass is 35.5. The molecule has 1 aliphatic rings. The number of ether oxygens (including phenoxy) is 1. The minimum Gasteiger partial charge on any atom is -0.465 e. The molecule has 1 fully saturated rings. The number of nitrogens with one attached hydrogen (secondary N) is 1. The van der Waals surface area contributed by atoms with Crippen molar-refractivity contribution in [1.82, 2.24) is 5.32 Å². The topological polar surface area (TPSA) is 67.8 Å². The smallest absolute Gasteiger partial charge is 0.340 e. The molecule has 0 spiro atoms. The molecule has 1 heterocycles. The quantitative estimate of drug-likeness (QED) is 0.593. The van der Waals surface area contributed by atoms with E-state index >= 15 is 0 Å². The highest BCUT2D eigenvalue weighted by Crippen LogP contribution is 2.33. The van der Waals surface area contributed by atoms with Gasteiger partial charge >= 0.3 is 5.97 Å². The van der Waals surface area contributed by atoms with E-state index in [9.17, 15) is 9.59 Å². The third-order valence-electron chi connectivity index (χ3n) is 3.46. The summed E-state index contributed by atoms with van der Waals surface area (Å²) in [6, 6.07) is 11.8. The minimum atomic E-state index is -0.502. The van der Waals surface area contributed by atoms with E-state index in [0.717, 1.165) is 11.8 Å². The molecule has 0 saturated carbocycles. The van der Waals surface area contributed by atoms with Gasteiger partial charge in [-0.1, -0.05) is 41.4 Å². The van der Waals surface area contributed by atoms with E-state index in [-0.39, 0.29) is 5.91 Å². The second-order valence-electron chi connectivity index (χ2n) is 5.13. The van der Waals surface area contributed by atoms with Crippen LogP contribution in [0.25, 0.3) is 6.08 Å².